The van der Waals surface area contributed by atoms with Crippen LogP contribution in [0.15, 0.2) is 47.4 Å². The molecule has 0 aromatic heterocycles. The zero-order valence-electron chi connectivity index (χ0n) is 14.8. The number of hydrogen-bond donors (Lipinski definition) is 1. The first-order valence-corrected chi connectivity index (χ1v) is 9.47. The monoisotopic (exact) mass is 379 g/mol. The molecule has 0 saturated carbocycles. The molecule has 0 atom stereocenters. The van der Waals surface area contributed by atoms with E-state index in [9.17, 15) is 18.5 Å². The summed E-state index contributed by atoms with van der Waals surface area (Å²) in [7, 11) is -2.29. The van der Waals surface area contributed by atoms with Gasteiger partial charge in [-0.3, -0.25) is 10.1 Å². The lowest BCUT2D eigenvalue weighted by Gasteiger charge is -2.18. The summed E-state index contributed by atoms with van der Waals surface area (Å²) in [5.74, 6) is 0.515. The van der Waals surface area contributed by atoms with Gasteiger partial charge in [-0.25, -0.2) is 8.42 Å². The molecule has 140 valence electrons. The number of nitrogens with zero attached hydrogens (tertiary/aromatic N) is 2. The molecule has 0 spiro atoms. The van der Waals surface area contributed by atoms with Crippen molar-refractivity contribution in [2.75, 3.05) is 25.5 Å². The van der Waals surface area contributed by atoms with Crippen molar-refractivity contribution < 1.29 is 18.1 Å². The Balaban J connectivity index is 2.49. The van der Waals surface area contributed by atoms with E-state index < -0.39 is 14.9 Å². The lowest BCUT2D eigenvalue weighted by molar-refractivity contribution is -0.384. The van der Waals surface area contributed by atoms with E-state index in [1.165, 1.54) is 23.5 Å². The third kappa shape index (κ3) is 3.94. The second-order valence-corrected chi connectivity index (χ2v) is 7.29. The number of anilines is 2. The van der Waals surface area contributed by atoms with Crippen LogP contribution in [0.3, 0.4) is 0 Å². The van der Waals surface area contributed by atoms with Gasteiger partial charge in [0.05, 0.1) is 22.6 Å². The number of para-hydroxylation sites is 2. The van der Waals surface area contributed by atoms with Crippen molar-refractivity contribution >= 4 is 27.1 Å². The van der Waals surface area contributed by atoms with E-state index >= 15 is 0 Å². The third-order valence-electron chi connectivity index (χ3n) is 3.89. The van der Waals surface area contributed by atoms with Crippen molar-refractivity contribution in [1.29, 1.82) is 0 Å². The van der Waals surface area contributed by atoms with Crippen LogP contribution in [0.5, 0.6) is 5.75 Å². The maximum Gasteiger partial charge on any atom is 0.294 e. The highest BCUT2D eigenvalue weighted by Gasteiger charge is 2.26. The molecule has 2 aromatic rings. The predicted octanol–water partition coefficient (Wildman–Crippen LogP) is 3.38. The number of sulfonamides is 1. The van der Waals surface area contributed by atoms with E-state index in [-0.39, 0.29) is 29.4 Å². The number of nitro groups is 1. The van der Waals surface area contributed by atoms with Crippen LogP contribution in [-0.2, 0) is 10.0 Å². The third-order valence-corrected chi connectivity index (χ3v) is 5.93. The fourth-order valence-corrected chi connectivity index (χ4v) is 4.01. The predicted molar refractivity (Wildman–Crippen MR) is 99.5 cm³/mol. The summed E-state index contributed by atoms with van der Waals surface area (Å²) in [6.45, 7) is 4.00. The molecule has 9 heteroatoms. The summed E-state index contributed by atoms with van der Waals surface area (Å²) in [6.07, 6.45) is 0. The summed E-state index contributed by atoms with van der Waals surface area (Å²) >= 11 is 0. The van der Waals surface area contributed by atoms with E-state index in [0.29, 0.717) is 11.4 Å². The molecule has 1 N–H and O–H groups in total. The van der Waals surface area contributed by atoms with Crippen LogP contribution in [0.2, 0.25) is 0 Å². The van der Waals surface area contributed by atoms with Crippen LogP contribution in [0, 0.1) is 10.1 Å². The summed E-state index contributed by atoms with van der Waals surface area (Å²) in [4.78, 5) is 10.8. The standard InChI is InChI=1S/C17H21N3O5S/c1-4-19(5-2)26(23,24)13-10-11-14(16(12-13)20(21)22)18-15-8-6-7-9-17(15)25-3/h6-12,18H,4-5H2,1-3H3. The van der Waals surface area contributed by atoms with Gasteiger partial charge in [-0.15, -0.1) is 0 Å². The molecule has 2 aromatic carbocycles. The quantitative estimate of drug-likeness (QED) is 0.557. The highest BCUT2D eigenvalue weighted by molar-refractivity contribution is 7.89. The number of rotatable bonds is 8. The number of benzene rings is 2. The minimum absolute atomic E-state index is 0.113. The molecule has 0 saturated heterocycles. The Bertz CT molecular complexity index is 895. The highest BCUT2D eigenvalue weighted by atomic mass is 32.2. The molecular formula is C17H21N3O5S. The minimum Gasteiger partial charge on any atom is -0.495 e. The lowest BCUT2D eigenvalue weighted by Crippen LogP contribution is -2.30. The van der Waals surface area contributed by atoms with Gasteiger partial charge in [-0.1, -0.05) is 26.0 Å². The van der Waals surface area contributed by atoms with Crippen LogP contribution in [0.25, 0.3) is 0 Å². The fourth-order valence-electron chi connectivity index (χ4n) is 2.53. The zero-order valence-corrected chi connectivity index (χ0v) is 15.6. The normalized spacial score (nSPS) is 11.4. The SMILES string of the molecule is CCN(CC)S(=O)(=O)c1ccc(Nc2ccccc2OC)c([N+](=O)[O-])c1. The number of nitrogens with one attached hydrogen (secondary N) is 1. The highest BCUT2D eigenvalue weighted by Crippen LogP contribution is 2.34. The van der Waals surface area contributed by atoms with Gasteiger partial charge >= 0.3 is 0 Å². The average molecular weight is 379 g/mol. The molecule has 0 aliphatic carbocycles. The van der Waals surface area contributed by atoms with Crippen LogP contribution in [0.4, 0.5) is 17.1 Å². The van der Waals surface area contributed by atoms with E-state index in [1.54, 1.807) is 38.1 Å². The molecule has 0 heterocycles. The van der Waals surface area contributed by atoms with Crippen molar-refractivity contribution in [3.63, 3.8) is 0 Å². The first-order chi connectivity index (χ1) is 12.3. The molecule has 0 unspecified atom stereocenters. The first-order valence-electron chi connectivity index (χ1n) is 8.03. The van der Waals surface area contributed by atoms with Crippen molar-refractivity contribution in [1.82, 2.24) is 4.31 Å². The van der Waals surface area contributed by atoms with Gasteiger partial charge in [0.1, 0.15) is 11.4 Å². The molecule has 0 aliphatic rings. The van der Waals surface area contributed by atoms with Crippen molar-refractivity contribution in [2.24, 2.45) is 0 Å². The Hall–Kier alpha value is -2.65. The number of methoxy groups -OCH3 is 1. The van der Waals surface area contributed by atoms with E-state index in [0.717, 1.165) is 6.07 Å². The Kier molecular flexibility index (Phi) is 6.17. The largest absolute Gasteiger partial charge is 0.495 e. The van der Waals surface area contributed by atoms with E-state index in [4.69, 9.17) is 4.74 Å². The van der Waals surface area contributed by atoms with Crippen LogP contribution >= 0.6 is 0 Å². The average Bonchev–Trinajstić information content (AvgIpc) is 2.63. The molecule has 2 rings (SSSR count). The lowest BCUT2D eigenvalue weighted by atomic mass is 10.2. The molecule has 0 fully saturated rings. The maximum atomic E-state index is 12.6. The van der Waals surface area contributed by atoms with Gasteiger partial charge in [-0.2, -0.15) is 4.31 Å². The van der Waals surface area contributed by atoms with E-state index in [2.05, 4.69) is 5.32 Å². The molecule has 8 nitrogen and oxygen atoms in total. The second-order valence-electron chi connectivity index (χ2n) is 5.35. The molecule has 0 aliphatic heterocycles. The summed E-state index contributed by atoms with van der Waals surface area (Å²) in [5.41, 5.74) is 0.389. The Labute approximate surface area is 152 Å². The number of nitro benzene ring substituents is 1. The summed E-state index contributed by atoms with van der Waals surface area (Å²) < 4.78 is 31.7. The van der Waals surface area contributed by atoms with Gasteiger partial charge in [0.2, 0.25) is 10.0 Å². The van der Waals surface area contributed by atoms with Crippen LogP contribution in [0.1, 0.15) is 13.8 Å². The van der Waals surface area contributed by atoms with Gasteiger partial charge < -0.3 is 10.1 Å². The molecular weight excluding hydrogens is 358 g/mol. The van der Waals surface area contributed by atoms with Gasteiger partial charge in [0, 0.05) is 19.2 Å². The summed E-state index contributed by atoms with van der Waals surface area (Å²) in [5, 5.41) is 14.4. The summed E-state index contributed by atoms with van der Waals surface area (Å²) in [6, 6.07) is 10.8. The Morgan fingerprint density at radius 2 is 1.77 bits per heavy atom. The topological polar surface area (TPSA) is 102 Å². The number of hydrogen-bond acceptors (Lipinski definition) is 6. The van der Waals surface area contributed by atoms with Crippen molar-refractivity contribution in [2.45, 2.75) is 18.7 Å². The van der Waals surface area contributed by atoms with Crippen molar-refractivity contribution in [3.8, 4) is 5.75 Å². The second kappa shape index (κ2) is 8.15. The van der Waals surface area contributed by atoms with Crippen molar-refractivity contribution in [3.05, 3.63) is 52.6 Å². The molecule has 26 heavy (non-hydrogen) atoms. The first kappa shape index (κ1) is 19.7. The zero-order chi connectivity index (χ0) is 19.3. The molecule has 0 bridgehead atoms. The van der Waals surface area contributed by atoms with Crippen LogP contribution < -0.4 is 10.1 Å². The smallest absolute Gasteiger partial charge is 0.294 e. The van der Waals surface area contributed by atoms with E-state index in [1.807, 2.05) is 0 Å². The Morgan fingerprint density at radius 3 is 2.35 bits per heavy atom. The fraction of sp³-hybridized carbons (Fsp3) is 0.294. The molecule has 0 amide bonds. The Morgan fingerprint density at radius 1 is 1.12 bits per heavy atom. The minimum atomic E-state index is -3.78. The molecule has 0 radical (unpaired) electrons. The van der Waals surface area contributed by atoms with Gasteiger partial charge in [0.15, 0.2) is 0 Å². The van der Waals surface area contributed by atoms with Gasteiger partial charge in [0.25, 0.3) is 5.69 Å². The van der Waals surface area contributed by atoms with Gasteiger partial charge in [-0.05, 0) is 24.3 Å². The maximum absolute atomic E-state index is 12.6. The number of ether oxygens (including phenoxy) is 1. The van der Waals surface area contributed by atoms with Crippen LogP contribution in [-0.4, -0.2) is 37.8 Å².